The number of carbonyl (C=O) groups is 2. The minimum Gasteiger partial charge on any atom is -0.373 e. The van der Waals surface area contributed by atoms with Crippen LogP contribution in [0.2, 0.25) is 5.02 Å². The van der Waals surface area contributed by atoms with Gasteiger partial charge in [-0.1, -0.05) is 29.8 Å². The largest absolute Gasteiger partial charge is 0.373 e. The molecule has 3 heterocycles. The van der Waals surface area contributed by atoms with Crippen LogP contribution in [0.15, 0.2) is 48.9 Å². The number of nitrogens with one attached hydrogen (secondary N) is 2. The van der Waals surface area contributed by atoms with Crippen LogP contribution in [0.25, 0.3) is 0 Å². The van der Waals surface area contributed by atoms with Crippen LogP contribution in [-0.2, 0) is 24.4 Å². The number of hydrogen-bond donors (Lipinski definition) is 2. The molecule has 31 heavy (non-hydrogen) atoms. The number of aromatic nitrogens is 3. The number of nitrogens with zero attached hydrogens (tertiary/aromatic N) is 3. The van der Waals surface area contributed by atoms with Gasteiger partial charge < -0.3 is 19.9 Å². The first-order valence-electron chi connectivity index (χ1n) is 9.93. The third-order valence-corrected chi connectivity index (χ3v) is 5.52. The fourth-order valence-electron chi connectivity index (χ4n) is 3.50. The molecule has 160 valence electrons. The SMILES string of the molecule is CC(NC(=O)c1cc(C(=O)NCc2ccccc2Cl)c2n1CCOC2)c1cnccn1. The Morgan fingerprint density at radius 3 is 2.87 bits per heavy atom. The van der Waals surface area contributed by atoms with Crippen molar-refractivity contribution in [1.29, 1.82) is 0 Å². The fraction of sp³-hybridized carbons (Fsp3) is 0.273. The van der Waals surface area contributed by atoms with Gasteiger partial charge >= 0.3 is 0 Å². The van der Waals surface area contributed by atoms with Crippen LogP contribution in [0.4, 0.5) is 0 Å². The van der Waals surface area contributed by atoms with Crippen molar-refractivity contribution in [3.05, 3.63) is 82.2 Å². The van der Waals surface area contributed by atoms with Crippen molar-refractivity contribution in [3.63, 3.8) is 0 Å². The Labute approximate surface area is 184 Å². The second-order valence-electron chi connectivity index (χ2n) is 7.19. The van der Waals surface area contributed by atoms with E-state index >= 15 is 0 Å². The third kappa shape index (κ3) is 4.60. The van der Waals surface area contributed by atoms with Crippen LogP contribution in [0.5, 0.6) is 0 Å². The van der Waals surface area contributed by atoms with E-state index in [1.165, 1.54) is 0 Å². The van der Waals surface area contributed by atoms with E-state index in [0.29, 0.717) is 40.8 Å². The number of benzene rings is 1. The van der Waals surface area contributed by atoms with Gasteiger partial charge in [0.25, 0.3) is 11.8 Å². The zero-order chi connectivity index (χ0) is 21.8. The summed E-state index contributed by atoms with van der Waals surface area (Å²) in [6.45, 7) is 3.36. The van der Waals surface area contributed by atoms with Crippen molar-refractivity contribution in [2.24, 2.45) is 0 Å². The fourth-order valence-corrected chi connectivity index (χ4v) is 3.70. The van der Waals surface area contributed by atoms with Crippen molar-refractivity contribution in [1.82, 2.24) is 25.2 Å². The van der Waals surface area contributed by atoms with Crippen molar-refractivity contribution < 1.29 is 14.3 Å². The Balaban J connectivity index is 1.54. The van der Waals surface area contributed by atoms with Crippen LogP contribution in [0.1, 0.15) is 50.8 Å². The average Bonchev–Trinajstić information content (AvgIpc) is 3.19. The van der Waals surface area contributed by atoms with Crippen molar-refractivity contribution in [3.8, 4) is 0 Å². The number of fused-ring (bicyclic) bond motifs is 1. The molecule has 0 saturated heterocycles. The van der Waals surface area contributed by atoms with Crippen molar-refractivity contribution >= 4 is 23.4 Å². The Morgan fingerprint density at radius 1 is 1.26 bits per heavy atom. The Hall–Kier alpha value is -3.23. The maximum atomic E-state index is 13.0. The highest BCUT2D eigenvalue weighted by molar-refractivity contribution is 6.31. The smallest absolute Gasteiger partial charge is 0.268 e. The summed E-state index contributed by atoms with van der Waals surface area (Å²) in [4.78, 5) is 34.2. The van der Waals surface area contributed by atoms with Crippen LogP contribution in [0.3, 0.4) is 0 Å². The minimum absolute atomic E-state index is 0.266. The van der Waals surface area contributed by atoms with E-state index in [0.717, 1.165) is 5.56 Å². The summed E-state index contributed by atoms with van der Waals surface area (Å²) in [7, 11) is 0. The molecule has 1 atom stereocenters. The molecule has 0 radical (unpaired) electrons. The summed E-state index contributed by atoms with van der Waals surface area (Å²) < 4.78 is 7.38. The van der Waals surface area contributed by atoms with Gasteiger partial charge in [-0.05, 0) is 24.6 Å². The molecule has 3 aromatic rings. The van der Waals surface area contributed by atoms with Gasteiger partial charge in [0, 0.05) is 30.5 Å². The monoisotopic (exact) mass is 439 g/mol. The Kier molecular flexibility index (Phi) is 6.29. The van der Waals surface area contributed by atoms with E-state index in [-0.39, 0.29) is 31.0 Å². The van der Waals surface area contributed by atoms with E-state index in [9.17, 15) is 9.59 Å². The van der Waals surface area contributed by atoms with Crippen LogP contribution in [0, 0.1) is 0 Å². The zero-order valence-electron chi connectivity index (χ0n) is 17.0. The topological polar surface area (TPSA) is 98.1 Å². The highest BCUT2D eigenvalue weighted by Gasteiger charge is 2.26. The molecule has 0 spiro atoms. The molecule has 8 nitrogen and oxygen atoms in total. The normalized spacial score (nSPS) is 13.9. The van der Waals surface area contributed by atoms with E-state index < -0.39 is 0 Å². The molecule has 2 aromatic heterocycles. The first-order valence-corrected chi connectivity index (χ1v) is 10.3. The van der Waals surface area contributed by atoms with Gasteiger partial charge in [0.2, 0.25) is 0 Å². The molecule has 0 saturated carbocycles. The van der Waals surface area contributed by atoms with Crippen molar-refractivity contribution in [2.75, 3.05) is 6.61 Å². The van der Waals surface area contributed by atoms with Gasteiger partial charge in [-0.3, -0.25) is 19.6 Å². The van der Waals surface area contributed by atoms with E-state index in [1.807, 2.05) is 29.7 Å². The summed E-state index contributed by atoms with van der Waals surface area (Å²) in [6.07, 6.45) is 4.77. The van der Waals surface area contributed by atoms with Gasteiger partial charge in [0.1, 0.15) is 5.69 Å². The van der Waals surface area contributed by atoms with Gasteiger partial charge in [-0.2, -0.15) is 0 Å². The molecule has 1 aliphatic rings. The summed E-state index contributed by atoms with van der Waals surface area (Å²) in [5.74, 6) is -0.568. The number of amides is 2. The third-order valence-electron chi connectivity index (χ3n) is 5.16. The molecule has 0 aliphatic carbocycles. The lowest BCUT2D eigenvalue weighted by atomic mass is 10.2. The van der Waals surface area contributed by atoms with E-state index in [4.69, 9.17) is 16.3 Å². The molecule has 0 bridgehead atoms. The molecule has 1 aliphatic heterocycles. The van der Waals surface area contributed by atoms with Gasteiger partial charge in [-0.15, -0.1) is 0 Å². The molecule has 2 amide bonds. The van der Waals surface area contributed by atoms with Crippen LogP contribution in [-0.4, -0.2) is 33.0 Å². The predicted molar refractivity (Wildman–Crippen MR) is 115 cm³/mol. The molecule has 4 rings (SSSR count). The van der Waals surface area contributed by atoms with E-state index in [1.54, 1.807) is 30.7 Å². The molecule has 1 aromatic carbocycles. The van der Waals surface area contributed by atoms with Gasteiger partial charge in [-0.25, -0.2) is 0 Å². The Morgan fingerprint density at radius 2 is 2.10 bits per heavy atom. The first-order chi connectivity index (χ1) is 15.0. The van der Waals surface area contributed by atoms with Gasteiger partial charge in [0.05, 0.1) is 42.4 Å². The van der Waals surface area contributed by atoms with Crippen LogP contribution < -0.4 is 10.6 Å². The maximum Gasteiger partial charge on any atom is 0.268 e. The number of rotatable bonds is 6. The maximum absolute atomic E-state index is 13.0. The second-order valence-corrected chi connectivity index (χ2v) is 7.60. The second kappa shape index (κ2) is 9.28. The molecular weight excluding hydrogens is 418 g/mol. The van der Waals surface area contributed by atoms with Crippen molar-refractivity contribution in [2.45, 2.75) is 32.7 Å². The molecular formula is C22H22ClN5O3. The highest BCUT2D eigenvalue weighted by atomic mass is 35.5. The highest BCUT2D eigenvalue weighted by Crippen LogP contribution is 2.22. The zero-order valence-corrected chi connectivity index (χ0v) is 17.7. The lowest BCUT2D eigenvalue weighted by Crippen LogP contribution is -2.31. The molecule has 2 N–H and O–H groups in total. The predicted octanol–water partition coefficient (Wildman–Crippen LogP) is 2.88. The summed E-state index contributed by atoms with van der Waals surface area (Å²) in [5.41, 5.74) is 2.99. The molecule has 9 heteroatoms. The number of hydrogen-bond acceptors (Lipinski definition) is 5. The quantitative estimate of drug-likeness (QED) is 0.615. The Bertz CT molecular complexity index is 1100. The average molecular weight is 440 g/mol. The lowest BCUT2D eigenvalue weighted by Gasteiger charge is -2.20. The summed E-state index contributed by atoms with van der Waals surface area (Å²) in [5, 5.41) is 6.40. The number of carbonyl (C=O) groups excluding carboxylic acids is 2. The standard InChI is InChI=1S/C22H22ClN5O3/c1-14(18-12-24-6-7-25-18)27-22(30)19-10-16(20-13-31-9-8-28(19)20)21(29)26-11-15-4-2-3-5-17(15)23/h2-7,10,12,14H,8-9,11,13H2,1H3,(H,26,29)(H,27,30). The molecule has 0 fully saturated rings. The van der Waals surface area contributed by atoms with Crippen LogP contribution >= 0.6 is 11.6 Å². The summed E-state index contributed by atoms with van der Waals surface area (Å²) in [6, 6.07) is 8.62. The summed E-state index contributed by atoms with van der Waals surface area (Å²) >= 11 is 6.18. The number of halogens is 1. The first kappa shape index (κ1) is 21.0. The molecule has 1 unspecified atom stereocenters. The van der Waals surface area contributed by atoms with E-state index in [2.05, 4.69) is 20.6 Å². The minimum atomic E-state index is -0.329. The lowest BCUT2D eigenvalue weighted by molar-refractivity contribution is 0.0776. The number of ether oxygens (including phenoxy) is 1. The van der Waals surface area contributed by atoms with Gasteiger partial charge in [0.15, 0.2) is 0 Å².